The number of hydrogen-bond acceptors (Lipinski definition) is 6. The number of aromatic hydroxyl groups is 1. The van der Waals surface area contributed by atoms with Crippen molar-refractivity contribution in [3.63, 3.8) is 0 Å². The van der Waals surface area contributed by atoms with Crippen LogP contribution in [-0.4, -0.2) is 34.3 Å². The lowest BCUT2D eigenvalue weighted by Crippen LogP contribution is -2.22. The first-order valence-corrected chi connectivity index (χ1v) is 8.19. The van der Waals surface area contributed by atoms with Crippen molar-refractivity contribution in [3.05, 3.63) is 38.1 Å². The normalized spacial score (nSPS) is 13.2. The molecule has 22 heavy (non-hydrogen) atoms. The Hall–Kier alpha value is -1.77. The maximum atomic E-state index is 12.2. The maximum Gasteiger partial charge on any atom is 0.279 e. The lowest BCUT2D eigenvalue weighted by atomic mass is 10.1. The minimum absolute atomic E-state index is 0.0767. The van der Waals surface area contributed by atoms with E-state index in [1.54, 1.807) is 12.1 Å². The second kappa shape index (κ2) is 6.15. The van der Waals surface area contributed by atoms with Crippen molar-refractivity contribution < 1.29 is 15.0 Å². The molecule has 0 radical (unpaired) electrons. The third-order valence-electron chi connectivity index (χ3n) is 3.11. The SMILES string of the molecule is O=C1N=c2ccc(Br)cc2=C1c1sc(NCCCO)nc1O. The summed E-state index contributed by atoms with van der Waals surface area (Å²) in [5, 5.41) is 23.6. The predicted molar refractivity (Wildman–Crippen MR) is 86.4 cm³/mol. The number of carbonyl (C=O) groups excluding carboxylic acids is 1. The van der Waals surface area contributed by atoms with E-state index in [1.807, 2.05) is 6.07 Å². The number of carbonyl (C=O) groups is 1. The second-order valence-corrected chi connectivity index (χ2v) is 6.54. The molecule has 0 saturated heterocycles. The van der Waals surface area contributed by atoms with Crippen molar-refractivity contribution in [2.45, 2.75) is 6.42 Å². The lowest BCUT2D eigenvalue weighted by molar-refractivity contribution is -0.112. The van der Waals surface area contributed by atoms with Gasteiger partial charge in [-0.1, -0.05) is 27.3 Å². The number of thiazole rings is 1. The summed E-state index contributed by atoms with van der Waals surface area (Å²) in [6, 6.07) is 5.37. The molecule has 0 bridgehead atoms. The van der Waals surface area contributed by atoms with Crippen molar-refractivity contribution >= 4 is 43.9 Å². The highest BCUT2D eigenvalue weighted by Crippen LogP contribution is 2.33. The van der Waals surface area contributed by atoms with E-state index < -0.39 is 0 Å². The Balaban J connectivity index is 2.06. The number of benzene rings is 1. The number of rotatable bonds is 5. The molecule has 0 spiro atoms. The van der Waals surface area contributed by atoms with Gasteiger partial charge in [0.05, 0.1) is 10.9 Å². The van der Waals surface area contributed by atoms with E-state index in [1.165, 1.54) is 11.3 Å². The zero-order valence-corrected chi connectivity index (χ0v) is 13.7. The minimum Gasteiger partial charge on any atom is -0.492 e. The highest BCUT2D eigenvalue weighted by Gasteiger charge is 2.24. The monoisotopic (exact) mass is 381 g/mol. The summed E-state index contributed by atoms with van der Waals surface area (Å²) in [6.07, 6.45) is 0.580. The number of anilines is 1. The van der Waals surface area contributed by atoms with Crippen LogP contribution in [0.2, 0.25) is 0 Å². The van der Waals surface area contributed by atoms with Crippen LogP contribution >= 0.6 is 27.3 Å². The molecule has 1 aromatic heterocycles. The summed E-state index contributed by atoms with van der Waals surface area (Å²) in [6.45, 7) is 0.617. The smallest absolute Gasteiger partial charge is 0.279 e. The highest BCUT2D eigenvalue weighted by atomic mass is 79.9. The molecular weight excluding hydrogens is 370 g/mol. The molecule has 6 nitrogen and oxygen atoms in total. The number of aliphatic hydroxyl groups is 1. The third-order valence-corrected chi connectivity index (χ3v) is 4.62. The molecule has 2 aromatic rings. The van der Waals surface area contributed by atoms with Crippen molar-refractivity contribution in [2.24, 2.45) is 4.99 Å². The van der Waals surface area contributed by atoms with Crippen LogP contribution in [0.25, 0.3) is 5.57 Å². The van der Waals surface area contributed by atoms with E-state index >= 15 is 0 Å². The van der Waals surface area contributed by atoms with Gasteiger partial charge in [-0.05, 0) is 24.6 Å². The average molecular weight is 382 g/mol. The quantitative estimate of drug-likeness (QED) is 0.664. The molecule has 2 heterocycles. The van der Waals surface area contributed by atoms with Gasteiger partial charge in [0.2, 0.25) is 5.88 Å². The number of amides is 1. The van der Waals surface area contributed by atoms with Gasteiger partial charge < -0.3 is 15.5 Å². The fraction of sp³-hybridized carbons (Fsp3) is 0.214. The number of halogens is 1. The summed E-state index contributed by atoms with van der Waals surface area (Å²) in [5.74, 6) is -0.572. The molecule has 1 aliphatic heterocycles. The fourth-order valence-corrected chi connectivity index (χ4v) is 3.43. The summed E-state index contributed by atoms with van der Waals surface area (Å²) in [5.41, 5.74) is 0.363. The van der Waals surface area contributed by atoms with Gasteiger partial charge in [0.15, 0.2) is 5.13 Å². The molecule has 1 aromatic carbocycles. The van der Waals surface area contributed by atoms with Gasteiger partial charge in [-0.15, -0.1) is 0 Å². The highest BCUT2D eigenvalue weighted by molar-refractivity contribution is 9.10. The van der Waals surface area contributed by atoms with Crippen LogP contribution in [0.1, 0.15) is 11.3 Å². The van der Waals surface area contributed by atoms with Gasteiger partial charge >= 0.3 is 0 Å². The topological polar surface area (TPSA) is 94.8 Å². The first-order chi connectivity index (χ1) is 10.6. The molecule has 0 unspecified atom stereocenters. The number of nitrogens with one attached hydrogen (secondary N) is 1. The molecule has 0 atom stereocenters. The van der Waals surface area contributed by atoms with Gasteiger partial charge in [0.25, 0.3) is 5.91 Å². The van der Waals surface area contributed by atoms with Gasteiger partial charge in [-0.2, -0.15) is 4.98 Å². The molecule has 1 amide bonds. The van der Waals surface area contributed by atoms with Crippen LogP contribution in [0.4, 0.5) is 5.13 Å². The largest absolute Gasteiger partial charge is 0.492 e. The number of hydrogen-bond donors (Lipinski definition) is 3. The van der Waals surface area contributed by atoms with E-state index in [0.29, 0.717) is 39.1 Å². The van der Waals surface area contributed by atoms with Gasteiger partial charge in [-0.3, -0.25) is 4.79 Å². The van der Waals surface area contributed by atoms with Crippen LogP contribution in [0.15, 0.2) is 27.7 Å². The Morgan fingerprint density at radius 3 is 2.95 bits per heavy atom. The van der Waals surface area contributed by atoms with E-state index in [4.69, 9.17) is 5.11 Å². The molecule has 1 aliphatic rings. The van der Waals surface area contributed by atoms with Gasteiger partial charge in [0.1, 0.15) is 4.88 Å². The zero-order valence-electron chi connectivity index (χ0n) is 11.3. The predicted octanol–water partition coefficient (Wildman–Crippen LogP) is 0.764. The number of nitrogens with zero attached hydrogens (tertiary/aromatic N) is 2. The number of aromatic nitrogens is 1. The number of aliphatic hydroxyl groups excluding tert-OH is 1. The molecule has 3 N–H and O–H groups in total. The first kappa shape index (κ1) is 15.1. The summed E-state index contributed by atoms with van der Waals surface area (Å²) < 4.78 is 0.832. The second-order valence-electron chi connectivity index (χ2n) is 4.63. The number of fused-ring (bicyclic) bond motifs is 1. The zero-order chi connectivity index (χ0) is 15.7. The fourth-order valence-electron chi connectivity index (χ4n) is 2.13. The van der Waals surface area contributed by atoms with Crippen molar-refractivity contribution in [1.82, 2.24) is 4.98 Å². The molecule has 0 fully saturated rings. The minimum atomic E-state index is -0.381. The Morgan fingerprint density at radius 1 is 1.36 bits per heavy atom. The molecule has 0 aliphatic carbocycles. The Labute approximate surface area is 138 Å². The molecule has 0 saturated carbocycles. The van der Waals surface area contributed by atoms with Gasteiger partial charge in [-0.25, -0.2) is 4.99 Å². The van der Waals surface area contributed by atoms with E-state index in [2.05, 4.69) is 31.2 Å². The Bertz CT molecular complexity index is 863. The van der Waals surface area contributed by atoms with E-state index in [0.717, 1.165) is 4.47 Å². The van der Waals surface area contributed by atoms with Crippen LogP contribution < -0.4 is 15.9 Å². The van der Waals surface area contributed by atoms with Crippen molar-refractivity contribution in [3.8, 4) is 5.88 Å². The maximum absolute atomic E-state index is 12.2. The standard InChI is InChI=1S/C14H12BrN3O3S/c15-7-2-3-9-8(6-7)10(12(20)17-9)11-13(21)18-14(22-11)16-4-1-5-19/h2-3,6,19,21H,1,4-5H2,(H,16,18). The first-order valence-electron chi connectivity index (χ1n) is 6.58. The Morgan fingerprint density at radius 2 is 2.18 bits per heavy atom. The third kappa shape index (κ3) is 2.77. The molecule has 114 valence electrons. The van der Waals surface area contributed by atoms with E-state index in [9.17, 15) is 9.90 Å². The summed E-state index contributed by atoms with van der Waals surface area (Å²) in [4.78, 5) is 20.6. The average Bonchev–Trinajstić information content (AvgIpc) is 2.98. The van der Waals surface area contributed by atoms with Crippen LogP contribution in [0, 0.1) is 0 Å². The molecule has 3 rings (SSSR count). The van der Waals surface area contributed by atoms with Gasteiger partial charge in [0, 0.05) is 22.8 Å². The molecule has 8 heteroatoms. The van der Waals surface area contributed by atoms with Crippen LogP contribution in [0.5, 0.6) is 5.88 Å². The summed E-state index contributed by atoms with van der Waals surface area (Å²) >= 11 is 4.57. The summed E-state index contributed by atoms with van der Waals surface area (Å²) in [7, 11) is 0. The lowest BCUT2D eigenvalue weighted by Gasteiger charge is -1.98. The van der Waals surface area contributed by atoms with Crippen molar-refractivity contribution in [1.29, 1.82) is 0 Å². The van der Waals surface area contributed by atoms with E-state index in [-0.39, 0.29) is 18.4 Å². The Kier molecular flexibility index (Phi) is 4.23. The molecular formula is C14H12BrN3O3S. The van der Waals surface area contributed by atoms with Crippen molar-refractivity contribution in [2.75, 3.05) is 18.5 Å². The van der Waals surface area contributed by atoms with Crippen LogP contribution in [0.3, 0.4) is 0 Å². The van der Waals surface area contributed by atoms with Crippen LogP contribution in [-0.2, 0) is 4.79 Å².